The van der Waals surface area contributed by atoms with Crippen molar-refractivity contribution in [2.24, 2.45) is 7.05 Å². The number of methoxy groups -OCH3 is 1. The molecule has 0 saturated carbocycles. The molecule has 1 aliphatic heterocycles. The average molecular weight is 439 g/mol. The van der Waals surface area contributed by atoms with Gasteiger partial charge in [0.2, 0.25) is 6.79 Å². The normalized spacial score (nSPS) is 12.3. The first-order valence-corrected chi connectivity index (χ1v) is 11.1. The molecule has 30 heavy (non-hydrogen) atoms. The zero-order valence-corrected chi connectivity index (χ0v) is 18.0. The van der Waals surface area contributed by atoms with Gasteiger partial charge in [0.15, 0.2) is 22.5 Å². The van der Waals surface area contributed by atoms with Gasteiger partial charge in [-0.3, -0.25) is 0 Å². The molecule has 7 nitrogen and oxygen atoms in total. The third-order valence-electron chi connectivity index (χ3n) is 4.70. The highest BCUT2D eigenvalue weighted by Crippen LogP contribution is 2.37. The molecular formula is C21H18N4O3S2. The Bertz CT molecular complexity index is 1190. The molecule has 1 aliphatic rings. The smallest absolute Gasteiger partial charge is 0.231 e. The van der Waals surface area contributed by atoms with Crippen molar-refractivity contribution in [1.29, 1.82) is 0 Å². The summed E-state index contributed by atoms with van der Waals surface area (Å²) in [5.74, 6) is 3.90. The Labute approximate surface area is 181 Å². The molecule has 3 heterocycles. The second-order valence-corrected chi connectivity index (χ2v) is 8.40. The first kappa shape index (κ1) is 19.0. The standard InChI is InChI=1S/C21H18N4O3S2/c1-25-19(13-3-6-16(26-2)7-4-13)23-24-21(25)30-11-15-10-29-20(22-15)14-5-8-17-18(9-14)28-12-27-17/h3-10H,11-12H2,1-2H3. The van der Waals surface area contributed by atoms with Crippen LogP contribution in [0.4, 0.5) is 0 Å². The minimum Gasteiger partial charge on any atom is -0.497 e. The van der Waals surface area contributed by atoms with Crippen LogP contribution < -0.4 is 14.2 Å². The number of aromatic nitrogens is 4. The number of ether oxygens (including phenoxy) is 3. The van der Waals surface area contributed by atoms with Gasteiger partial charge in [-0.1, -0.05) is 11.8 Å². The molecule has 0 N–H and O–H groups in total. The Kier molecular flexibility index (Phi) is 5.06. The first-order chi connectivity index (χ1) is 14.7. The highest BCUT2D eigenvalue weighted by atomic mass is 32.2. The predicted molar refractivity (Wildman–Crippen MR) is 116 cm³/mol. The van der Waals surface area contributed by atoms with Gasteiger partial charge in [-0.15, -0.1) is 21.5 Å². The van der Waals surface area contributed by atoms with E-state index >= 15 is 0 Å². The van der Waals surface area contributed by atoms with Crippen LogP contribution in [0.15, 0.2) is 53.0 Å². The number of rotatable bonds is 6. The van der Waals surface area contributed by atoms with E-state index in [2.05, 4.69) is 15.6 Å². The number of hydrogen-bond donors (Lipinski definition) is 0. The molecule has 0 amide bonds. The topological polar surface area (TPSA) is 71.3 Å². The van der Waals surface area contributed by atoms with Gasteiger partial charge in [-0.05, 0) is 42.5 Å². The number of thioether (sulfide) groups is 1. The molecule has 0 saturated heterocycles. The van der Waals surface area contributed by atoms with Gasteiger partial charge in [-0.2, -0.15) is 0 Å². The minimum absolute atomic E-state index is 0.273. The second-order valence-electron chi connectivity index (χ2n) is 6.59. The van der Waals surface area contributed by atoms with E-state index in [0.717, 1.165) is 55.8 Å². The lowest BCUT2D eigenvalue weighted by Gasteiger charge is -2.04. The van der Waals surface area contributed by atoms with E-state index in [-0.39, 0.29) is 6.79 Å². The van der Waals surface area contributed by atoms with E-state index in [1.807, 2.05) is 54.1 Å². The van der Waals surface area contributed by atoms with E-state index in [1.165, 1.54) is 0 Å². The summed E-state index contributed by atoms with van der Waals surface area (Å²) >= 11 is 3.23. The highest BCUT2D eigenvalue weighted by molar-refractivity contribution is 7.98. The Morgan fingerprint density at radius 3 is 2.70 bits per heavy atom. The van der Waals surface area contributed by atoms with Crippen LogP contribution in [-0.2, 0) is 12.8 Å². The fraction of sp³-hybridized carbons (Fsp3) is 0.190. The van der Waals surface area contributed by atoms with Gasteiger partial charge in [0, 0.05) is 29.3 Å². The van der Waals surface area contributed by atoms with Crippen LogP contribution in [0, 0.1) is 0 Å². The van der Waals surface area contributed by atoms with Crippen LogP contribution in [0.25, 0.3) is 22.0 Å². The Hall–Kier alpha value is -3.04. The van der Waals surface area contributed by atoms with Crippen LogP contribution in [0.5, 0.6) is 17.2 Å². The maximum Gasteiger partial charge on any atom is 0.231 e. The molecular weight excluding hydrogens is 420 g/mol. The van der Waals surface area contributed by atoms with Crippen molar-refractivity contribution in [1.82, 2.24) is 19.7 Å². The van der Waals surface area contributed by atoms with Gasteiger partial charge in [0.05, 0.1) is 12.8 Å². The minimum atomic E-state index is 0.273. The molecule has 0 bridgehead atoms. The van der Waals surface area contributed by atoms with E-state index in [9.17, 15) is 0 Å². The van der Waals surface area contributed by atoms with Crippen LogP contribution in [-0.4, -0.2) is 33.7 Å². The molecule has 0 atom stereocenters. The zero-order chi connectivity index (χ0) is 20.5. The van der Waals surface area contributed by atoms with E-state index in [1.54, 1.807) is 30.2 Å². The third kappa shape index (κ3) is 3.61. The summed E-state index contributed by atoms with van der Waals surface area (Å²) in [7, 11) is 3.63. The molecule has 4 aromatic rings. The van der Waals surface area contributed by atoms with Gasteiger partial charge in [0.1, 0.15) is 10.8 Å². The monoisotopic (exact) mass is 438 g/mol. The van der Waals surface area contributed by atoms with Gasteiger partial charge in [0.25, 0.3) is 0 Å². The lowest BCUT2D eigenvalue weighted by molar-refractivity contribution is 0.174. The lowest BCUT2D eigenvalue weighted by atomic mass is 10.2. The van der Waals surface area contributed by atoms with Gasteiger partial charge >= 0.3 is 0 Å². The quantitative estimate of drug-likeness (QED) is 0.406. The summed E-state index contributed by atoms with van der Waals surface area (Å²) in [6, 6.07) is 13.7. The van der Waals surface area contributed by atoms with E-state index < -0.39 is 0 Å². The summed E-state index contributed by atoms with van der Waals surface area (Å²) in [6.07, 6.45) is 0. The number of benzene rings is 2. The molecule has 0 radical (unpaired) electrons. The SMILES string of the molecule is COc1ccc(-c2nnc(SCc3csc(-c4ccc5c(c4)OCO5)n3)n2C)cc1. The summed E-state index contributed by atoms with van der Waals surface area (Å²) < 4.78 is 18.1. The van der Waals surface area contributed by atoms with Crippen molar-refractivity contribution in [3.8, 4) is 39.2 Å². The molecule has 5 rings (SSSR count). The van der Waals surface area contributed by atoms with Crippen LogP contribution in [0.1, 0.15) is 5.69 Å². The molecule has 2 aromatic carbocycles. The molecule has 152 valence electrons. The van der Waals surface area contributed by atoms with E-state index in [0.29, 0.717) is 0 Å². The fourth-order valence-corrected chi connectivity index (χ4v) is 4.83. The second kappa shape index (κ2) is 8.00. The number of thiazole rings is 1. The molecule has 9 heteroatoms. The van der Waals surface area contributed by atoms with Crippen molar-refractivity contribution in [3.63, 3.8) is 0 Å². The van der Waals surface area contributed by atoms with Crippen molar-refractivity contribution >= 4 is 23.1 Å². The van der Waals surface area contributed by atoms with Crippen LogP contribution in [0.2, 0.25) is 0 Å². The highest BCUT2D eigenvalue weighted by Gasteiger charge is 2.16. The summed E-state index contributed by atoms with van der Waals surface area (Å²) in [4.78, 5) is 4.76. The lowest BCUT2D eigenvalue weighted by Crippen LogP contribution is -1.95. The van der Waals surface area contributed by atoms with Crippen molar-refractivity contribution in [2.45, 2.75) is 10.9 Å². The maximum absolute atomic E-state index is 5.46. The molecule has 0 spiro atoms. The van der Waals surface area contributed by atoms with Gasteiger partial charge in [-0.25, -0.2) is 4.98 Å². The molecule has 0 unspecified atom stereocenters. The Balaban J connectivity index is 1.28. The summed E-state index contributed by atoms with van der Waals surface area (Å²) in [5, 5.41) is 12.6. The fourth-order valence-electron chi connectivity index (χ4n) is 3.11. The summed E-state index contributed by atoms with van der Waals surface area (Å²) in [5.41, 5.74) is 3.03. The third-order valence-corrected chi connectivity index (χ3v) is 6.70. The number of fused-ring (bicyclic) bond motifs is 1. The summed E-state index contributed by atoms with van der Waals surface area (Å²) in [6.45, 7) is 0.273. The average Bonchev–Trinajstić information content (AvgIpc) is 3.52. The molecule has 2 aromatic heterocycles. The first-order valence-electron chi connectivity index (χ1n) is 9.22. The Morgan fingerprint density at radius 1 is 1.07 bits per heavy atom. The predicted octanol–water partition coefficient (Wildman–Crippen LogP) is 4.64. The van der Waals surface area contributed by atoms with E-state index in [4.69, 9.17) is 19.2 Å². The number of nitrogens with zero attached hydrogens (tertiary/aromatic N) is 4. The largest absolute Gasteiger partial charge is 0.497 e. The maximum atomic E-state index is 5.46. The van der Waals surface area contributed by atoms with Crippen molar-refractivity contribution in [3.05, 3.63) is 53.5 Å². The van der Waals surface area contributed by atoms with Crippen LogP contribution in [0.3, 0.4) is 0 Å². The number of hydrogen-bond acceptors (Lipinski definition) is 8. The van der Waals surface area contributed by atoms with Crippen LogP contribution >= 0.6 is 23.1 Å². The zero-order valence-electron chi connectivity index (χ0n) is 16.4. The molecule has 0 fully saturated rings. The molecule has 0 aliphatic carbocycles. The van der Waals surface area contributed by atoms with Gasteiger partial charge < -0.3 is 18.8 Å². The van der Waals surface area contributed by atoms with Crippen molar-refractivity contribution in [2.75, 3.05) is 13.9 Å². The Morgan fingerprint density at radius 2 is 1.87 bits per heavy atom. The van der Waals surface area contributed by atoms with Crippen molar-refractivity contribution < 1.29 is 14.2 Å².